The summed E-state index contributed by atoms with van der Waals surface area (Å²) in [6.07, 6.45) is 2.01. The van der Waals surface area contributed by atoms with Gasteiger partial charge in [0.15, 0.2) is 0 Å². The Labute approximate surface area is 119 Å². The van der Waals surface area contributed by atoms with Gasteiger partial charge in [-0.05, 0) is 43.9 Å². The highest BCUT2D eigenvalue weighted by molar-refractivity contribution is 9.10. The minimum absolute atomic E-state index is 0.139. The molecule has 19 heavy (non-hydrogen) atoms. The van der Waals surface area contributed by atoms with Crippen LogP contribution in [0.25, 0.3) is 0 Å². The average Bonchev–Trinajstić information content (AvgIpc) is 2.80. The van der Waals surface area contributed by atoms with E-state index in [0.29, 0.717) is 11.0 Å². The smallest absolute Gasteiger partial charge is 0.384 e. The Balaban J connectivity index is 2.03. The molecule has 0 atom stereocenters. The summed E-state index contributed by atoms with van der Waals surface area (Å²) in [6, 6.07) is 3.99. The highest BCUT2D eigenvalue weighted by Crippen LogP contribution is 2.36. The second-order valence-electron chi connectivity index (χ2n) is 4.62. The van der Waals surface area contributed by atoms with Crippen LogP contribution in [-0.2, 0) is 6.18 Å². The van der Waals surface area contributed by atoms with E-state index in [-0.39, 0.29) is 5.69 Å². The zero-order valence-electron chi connectivity index (χ0n) is 10.4. The second-order valence-corrected chi connectivity index (χ2v) is 5.53. The van der Waals surface area contributed by atoms with Gasteiger partial charge in [0.05, 0.1) is 5.56 Å². The third-order valence-electron chi connectivity index (χ3n) is 3.18. The average molecular weight is 334 g/mol. The molecule has 1 aromatic carbocycles. The number of rotatable bonds is 4. The highest BCUT2D eigenvalue weighted by atomic mass is 79.9. The summed E-state index contributed by atoms with van der Waals surface area (Å²) in [5.41, 5.74) is 0.868. The van der Waals surface area contributed by atoms with Gasteiger partial charge in [0.1, 0.15) is 0 Å². The van der Waals surface area contributed by atoms with Gasteiger partial charge in [0.25, 0.3) is 0 Å². The Kier molecular flexibility index (Phi) is 4.55. The van der Waals surface area contributed by atoms with Crippen molar-refractivity contribution in [2.45, 2.75) is 31.9 Å². The van der Waals surface area contributed by atoms with Crippen LogP contribution in [0.2, 0.25) is 0 Å². The minimum Gasteiger partial charge on any atom is -0.384 e. The van der Waals surface area contributed by atoms with Crippen LogP contribution in [0, 0.1) is 0 Å². The highest BCUT2D eigenvalue weighted by Gasteiger charge is 2.33. The van der Waals surface area contributed by atoms with E-state index in [1.165, 1.54) is 24.1 Å². The van der Waals surface area contributed by atoms with Crippen molar-refractivity contribution >= 4 is 21.6 Å². The first-order chi connectivity index (χ1) is 8.97. The summed E-state index contributed by atoms with van der Waals surface area (Å²) in [7, 11) is 0. The van der Waals surface area contributed by atoms with Gasteiger partial charge in [-0.1, -0.05) is 27.6 Å². The fraction of sp³-hybridized carbons (Fsp3) is 0.429. The summed E-state index contributed by atoms with van der Waals surface area (Å²) < 4.78 is 39.2. The molecule has 0 spiro atoms. The zero-order valence-corrected chi connectivity index (χ0v) is 11.9. The van der Waals surface area contributed by atoms with E-state index >= 15 is 0 Å². The first kappa shape index (κ1) is 14.4. The van der Waals surface area contributed by atoms with Crippen molar-refractivity contribution in [1.82, 2.24) is 0 Å². The summed E-state index contributed by atoms with van der Waals surface area (Å²) in [4.78, 5) is 0. The molecule has 0 unspecified atom stereocenters. The first-order valence-electron chi connectivity index (χ1n) is 6.25. The van der Waals surface area contributed by atoms with Gasteiger partial charge in [-0.3, -0.25) is 0 Å². The van der Waals surface area contributed by atoms with E-state index in [9.17, 15) is 13.2 Å². The van der Waals surface area contributed by atoms with Crippen LogP contribution in [0.4, 0.5) is 18.9 Å². The molecule has 0 saturated heterocycles. The molecule has 1 aliphatic rings. The summed E-state index contributed by atoms with van der Waals surface area (Å²) in [5.74, 6) is 0. The van der Waals surface area contributed by atoms with Crippen LogP contribution in [0.5, 0.6) is 0 Å². The van der Waals surface area contributed by atoms with Crippen molar-refractivity contribution < 1.29 is 13.2 Å². The third-order valence-corrected chi connectivity index (χ3v) is 3.68. The number of allylic oxidation sites excluding steroid dienone is 1. The zero-order chi connectivity index (χ0) is 13.9. The maximum absolute atomic E-state index is 12.8. The van der Waals surface area contributed by atoms with Gasteiger partial charge in [0.2, 0.25) is 0 Å². The summed E-state index contributed by atoms with van der Waals surface area (Å²) in [5, 5.41) is 2.90. The fourth-order valence-electron chi connectivity index (χ4n) is 2.23. The van der Waals surface area contributed by atoms with Gasteiger partial charge >= 0.3 is 6.18 Å². The van der Waals surface area contributed by atoms with Gasteiger partial charge in [0, 0.05) is 16.7 Å². The standard InChI is InChI=1S/C14H15BrF3N/c15-11-5-6-12(14(16,17)18)13(9-11)19-8-7-10-3-1-2-4-10/h3,5-6,9,19H,1-2,4,7-8H2. The number of benzene rings is 1. The van der Waals surface area contributed by atoms with Gasteiger partial charge in [-0.2, -0.15) is 13.2 Å². The van der Waals surface area contributed by atoms with Crippen molar-refractivity contribution in [3.8, 4) is 0 Å². The van der Waals surface area contributed by atoms with E-state index in [2.05, 4.69) is 27.3 Å². The molecule has 1 aromatic rings. The third kappa shape index (κ3) is 4.00. The molecular weight excluding hydrogens is 319 g/mol. The van der Waals surface area contributed by atoms with Crippen LogP contribution < -0.4 is 5.32 Å². The number of halogens is 4. The normalized spacial score (nSPS) is 15.5. The minimum atomic E-state index is -4.32. The van der Waals surface area contributed by atoms with E-state index in [0.717, 1.165) is 25.3 Å². The van der Waals surface area contributed by atoms with Crippen molar-refractivity contribution in [2.75, 3.05) is 11.9 Å². The molecule has 5 heteroatoms. The molecule has 0 heterocycles. The summed E-state index contributed by atoms with van der Waals surface area (Å²) >= 11 is 3.20. The van der Waals surface area contributed by atoms with E-state index in [1.54, 1.807) is 0 Å². The Morgan fingerprint density at radius 3 is 2.68 bits per heavy atom. The van der Waals surface area contributed by atoms with Crippen molar-refractivity contribution in [3.05, 3.63) is 39.9 Å². The Hall–Kier alpha value is -0.970. The number of alkyl halides is 3. The molecule has 0 radical (unpaired) electrons. The maximum atomic E-state index is 12.8. The lowest BCUT2D eigenvalue weighted by Crippen LogP contribution is -2.11. The van der Waals surface area contributed by atoms with Crippen LogP contribution >= 0.6 is 15.9 Å². The molecule has 1 aliphatic carbocycles. The Bertz CT molecular complexity index is 480. The second kappa shape index (κ2) is 5.99. The van der Waals surface area contributed by atoms with Gasteiger partial charge in [-0.15, -0.1) is 0 Å². The SMILES string of the molecule is FC(F)(F)c1ccc(Br)cc1NCCC1=CCCC1. The van der Waals surface area contributed by atoms with Crippen LogP contribution in [0.3, 0.4) is 0 Å². The number of nitrogens with one attached hydrogen (secondary N) is 1. The molecule has 0 saturated carbocycles. The molecule has 0 fully saturated rings. The number of hydrogen-bond donors (Lipinski definition) is 1. The maximum Gasteiger partial charge on any atom is 0.418 e. The molecule has 0 amide bonds. The quantitative estimate of drug-likeness (QED) is 0.729. The lowest BCUT2D eigenvalue weighted by molar-refractivity contribution is -0.136. The lowest BCUT2D eigenvalue weighted by atomic mass is 10.1. The Morgan fingerprint density at radius 1 is 1.26 bits per heavy atom. The largest absolute Gasteiger partial charge is 0.418 e. The molecule has 104 valence electrons. The predicted octanol–water partition coefficient (Wildman–Crippen LogP) is 5.38. The molecule has 1 N–H and O–H groups in total. The number of anilines is 1. The van der Waals surface area contributed by atoms with Gasteiger partial charge < -0.3 is 5.32 Å². The van der Waals surface area contributed by atoms with E-state index in [1.807, 2.05) is 0 Å². The van der Waals surface area contributed by atoms with E-state index in [4.69, 9.17) is 0 Å². The van der Waals surface area contributed by atoms with Crippen LogP contribution in [0.1, 0.15) is 31.2 Å². The molecule has 1 nitrogen and oxygen atoms in total. The fourth-order valence-corrected chi connectivity index (χ4v) is 2.59. The topological polar surface area (TPSA) is 12.0 Å². The van der Waals surface area contributed by atoms with Crippen LogP contribution in [0.15, 0.2) is 34.3 Å². The van der Waals surface area contributed by atoms with Crippen molar-refractivity contribution in [2.24, 2.45) is 0 Å². The monoisotopic (exact) mass is 333 g/mol. The van der Waals surface area contributed by atoms with Crippen molar-refractivity contribution in [1.29, 1.82) is 0 Å². The lowest BCUT2D eigenvalue weighted by Gasteiger charge is -2.15. The Morgan fingerprint density at radius 2 is 2.05 bits per heavy atom. The predicted molar refractivity (Wildman–Crippen MR) is 74.2 cm³/mol. The summed E-state index contributed by atoms with van der Waals surface area (Å²) in [6.45, 7) is 0.533. The molecule has 0 bridgehead atoms. The molecule has 0 aromatic heterocycles. The number of hydrogen-bond acceptors (Lipinski definition) is 1. The molecule has 2 rings (SSSR count). The van der Waals surface area contributed by atoms with Crippen LogP contribution in [-0.4, -0.2) is 6.54 Å². The van der Waals surface area contributed by atoms with E-state index < -0.39 is 11.7 Å². The molecular formula is C14H15BrF3N. The first-order valence-corrected chi connectivity index (χ1v) is 7.04. The van der Waals surface area contributed by atoms with Crippen molar-refractivity contribution in [3.63, 3.8) is 0 Å². The van der Waals surface area contributed by atoms with Gasteiger partial charge in [-0.25, -0.2) is 0 Å². The molecule has 0 aliphatic heterocycles.